The van der Waals surface area contributed by atoms with Crippen LogP contribution in [0, 0.1) is 5.82 Å². The van der Waals surface area contributed by atoms with Crippen LogP contribution in [-0.4, -0.2) is 26.1 Å². The normalized spacial score (nSPS) is 10.8. The molecule has 0 aliphatic rings. The van der Waals surface area contributed by atoms with E-state index in [0.717, 1.165) is 0 Å². The molecule has 0 saturated heterocycles. The number of amides is 1. The number of nitrogens with one attached hydrogen (secondary N) is 1. The average molecular weight is 277 g/mol. The summed E-state index contributed by atoms with van der Waals surface area (Å²) < 4.78 is 15.7. The lowest BCUT2D eigenvalue weighted by Crippen LogP contribution is -2.10. The van der Waals surface area contributed by atoms with Gasteiger partial charge in [-0.1, -0.05) is 6.92 Å². The summed E-state index contributed by atoms with van der Waals surface area (Å²) in [5.74, 6) is -0.273. The van der Waals surface area contributed by atoms with Crippen molar-refractivity contribution in [3.63, 3.8) is 0 Å². The lowest BCUT2D eigenvalue weighted by atomic mass is 10.1. The maximum absolute atomic E-state index is 14.2. The predicted octanol–water partition coefficient (Wildman–Crippen LogP) is 2.41. The van der Waals surface area contributed by atoms with Crippen LogP contribution in [0.5, 0.6) is 0 Å². The summed E-state index contributed by atoms with van der Waals surface area (Å²) in [5.41, 5.74) is 0.722. The van der Waals surface area contributed by atoms with Crippen LogP contribution in [0.25, 0.3) is 11.4 Å². The first-order chi connectivity index (χ1) is 9.52. The van der Waals surface area contributed by atoms with Crippen molar-refractivity contribution in [1.29, 1.82) is 0 Å². The molecule has 106 valence electrons. The number of benzene rings is 1. The highest BCUT2D eigenvalue weighted by Gasteiger charge is 2.16. The van der Waals surface area contributed by atoms with Crippen molar-refractivity contribution >= 4 is 11.6 Å². The van der Waals surface area contributed by atoms with Gasteiger partial charge in [0.05, 0.1) is 11.6 Å². The van der Waals surface area contributed by atoms with E-state index in [1.54, 1.807) is 23.7 Å². The van der Waals surface area contributed by atoms with Crippen molar-refractivity contribution in [3.05, 3.63) is 24.0 Å². The third-order valence-electron chi connectivity index (χ3n) is 2.80. The molecule has 1 N–H and O–H groups in total. The minimum atomic E-state index is -0.476. The second-order valence-corrected chi connectivity index (χ2v) is 4.64. The third-order valence-corrected chi connectivity index (χ3v) is 2.80. The van der Waals surface area contributed by atoms with E-state index in [2.05, 4.69) is 20.8 Å². The second-order valence-electron chi connectivity index (χ2n) is 4.64. The monoisotopic (exact) mass is 277 g/mol. The largest absolute Gasteiger partial charge is 0.326 e. The van der Waals surface area contributed by atoms with Crippen LogP contribution in [0.15, 0.2) is 18.2 Å². The smallest absolute Gasteiger partial charge is 0.224 e. The molecule has 0 bridgehead atoms. The van der Waals surface area contributed by atoms with E-state index in [0.29, 0.717) is 23.5 Å². The maximum atomic E-state index is 14.2. The number of aromatic nitrogens is 4. The molecule has 0 aliphatic heterocycles. The van der Waals surface area contributed by atoms with Crippen LogP contribution >= 0.6 is 0 Å². The number of carbonyl (C=O) groups excluding carboxylic acids is 1. The Kier molecular flexibility index (Phi) is 4.07. The van der Waals surface area contributed by atoms with Crippen molar-refractivity contribution in [2.75, 3.05) is 5.32 Å². The lowest BCUT2D eigenvalue weighted by molar-refractivity contribution is -0.115. The molecule has 6 nitrogen and oxygen atoms in total. The molecule has 2 aromatic rings. The van der Waals surface area contributed by atoms with Crippen molar-refractivity contribution in [3.8, 4) is 11.4 Å². The molecule has 1 amide bonds. The number of rotatable bonds is 4. The van der Waals surface area contributed by atoms with Crippen LogP contribution in [0.2, 0.25) is 0 Å². The molecule has 7 heteroatoms. The molecule has 0 aliphatic carbocycles. The molecule has 0 fully saturated rings. The van der Waals surface area contributed by atoms with Crippen LogP contribution in [0.1, 0.15) is 33.2 Å². The Labute approximate surface area is 116 Å². The number of nitrogens with zero attached hydrogens (tertiary/aromatic N) is 4. The van der Waals surface area contributed by atoms with Gasteiger partial charge < -0.3 is 5.32 Å². The number of hydrogen-bond donors (Lipinski definition) is 1. The Hall–Kier alpha value is -2.31. The molecule has 1 aromatic carbocycles. The van der Waals surface area contributed by atoms with E-state index >= 15 is 0 Å². The first-order valence-corrected chi connectivity index (χ1v) is 6.40. The van der Waals surface area contributed by atoms with Crippen molar-refractivity contribution in [2.45, 2.75) is 33.2 Å². The Morgan fingerprint density at radius 3 is 2.80 bits per heavy atom. The van der Waals surface area contributed by atoms with Gasteiger partial charge in [-0.25, -0.2) is 9.07 Å². The molecule has 0 unspecified atom stereocenters. The Morgan fingerprint density at radius 2 is 2.20 bits per heavy atom. The van der Waals surface area contributed by atoms with E-state index < -0.39 is 5.82 Å². The first kappa shape index (κ1) is 14.1. The fraction of sp³-hybridized carbons (Fsp3) is 0.385. The quantitative estimate of drug-likeness (QED) is 0.931. The molecule has 1 heterocycles. The highest BCUT2D eigenvalue weighted by molar-refractivity contribution is 5.90. The molecule has 0 spiro atoms. The molecule has 2 rings (SSSR count). The fourth-order valence-corrected chi connectivity index (χ4v) is 1.74. The molecular weight excluding hydrogens is 261 g/mol. The topological polar surface area (TPSA) is 72.7 Å². The molecule has 0 saturated carbocycles. The first-order valence-electron chi connectivity index (χ1n) is 6.40. The van der Waals surface area contributed by atoms with Gasteiger partial charge in [0.1, 0.15) is 5.82 Å². The standard InChI is InChI=1S/C13H16FN5O/c1-4-12(20)15-9-5-6-10(11(14)7-9)13-16-17-18-19(13)8(2)3/h5-8H,4H2,1-3H3,(H,15,20). The zero-order chi connectivity index (χ0) is 14.7. The summed E-state index contributed by atoms with van der Waals surface area (Å²) in [7, 11) is 0. The number of carbonyl (C=O) groups is 1. The molecule has 0 radical (unpaired) electrons. The summed E-state index contributed by atoms with van der Waals surface area (Å²) in [4.78, 5) is 11.3. The van der Waals surface area contributed by atoms with Crippen molar-refractivity contribution in [1.82, 2.24) is 20.2 Å². The molecular formula is C13H16FN5O. The van der Waals surface area contributed by atoms with Gasteiger partial charge >= 0.3 is 0 Å². The van der Waals surface area contributed by atoms with Crippen LogP contribution in [0.3, 0.4) is 0 Å². The lowest BCUT2D eigenvalue weighted by Gasteiger charge is -2.09. The van der Waals surface area contributed by atoms with E-state index in [1.165, 1.54) is 6.07 Å². The third kappa shape index (κ3) is 2.81. The van der Waals surface area contributed by atoms with Gasteiger partial charge in [0, 0.05) is 12.1 Å². The summed E-state index contributed by atoms with van der Waals surface area (Å²) in [6.07, 6.45) is 0.342. The molecule has 20 heavy (non-hydrogen) atoms. The predicted molar refractivity (Wildman–Crippen MR) is 72.5 cm³/mol. The van der Waals surface area contributed by atoms with Gasteiger partial charge in [-0.05, 0) is 42.5 Å². The van der Waals surface area contributed by atoms with Crippen molar-refractivity contribution < 1.29 is 9.18 Å². The zero-order valence-corrected chi connectivity index (χ0v) is 11.6. The number of anilines is 1. The molecule has 0 atom stereocenters. The second kappa shape index (κ2) is 5.77. The van der Waals surface area contributed by atoms with Gasteiger partial charge in [0.2, 0.25) is 5.91 Å². The SMILES string of the molecule is CCC(=O)Nc1ccc(-c2nnnn2C(C)C)c(F)c1. The van der Waals surface area contributed by atoms with E-state index in [9.17, 15) is 9.18 Å². The van der Waals surface area contributed by atoms with Gasteiger partial charge in [-0.15, -0.1) is 5.10 Å². The van der Waals surface area contributed by atoms with E-state index in [4.69, 9.17) is 0 Å². The minimum Gasteiger partial charge on any atom is -0.326 e. The van der Waals surface area contributed by atoms with E-state index in [-0.39, 0.29) is 11.9 Å². The Bertz CT molecular complexity index is 623. The van der Waals surface area contributed by atoms with Gasteiger partial charge in [-0.2, -0.15) is 0 Å². The van der Waals surface area contributed by atoms with Gasteiger partial charge in [-0.3, -0.25) is 4.79 Å². The minimum absolute atomic E-state index is 0.0267. The summed E-state index contributed by atoms with van der Waals surface area (Å²) in [5, 5.41) is 13.9. The van der Waals surface area contributed by atoms with Crippen molar-refractivity contribution in [2.24, 2.45) is 0 Å². The summed E-state index contributed by atoms with van der Waals surface area (Å²) >= 11 is 0. The van der Waals surface area contributed by atoms with E-state index in [1.807, 2.05) is 13.8 Å². The van der Waals surface area contributed by atoms with Gasteiger partial charge in [0.15, 0.2) is 5.82 Å². The zero-order valence-electron chi connectivity index (χ0n) is 11.6. The number of hydrogen-bond acceptors (Lipinski definition) is 4. The van der Waals surface area contributed by atoms with Crippen LogP contribution < -0.4 is 5.32 Å². The highest BCUT2D eigenvalue weighted by atomic mass is 19.1. The maximum Gasteiger partial charge on any atom is 0.224 e. The fourth-order valence-electron chi connectivity index (χ4n) is 1.74. The van der Waals surface area contributed by atoms with Gasteiger partial charge in [0.25, 0.3) is 0 Å². The average Bonchev–Trinajstić information content (AvgIpc) is 2.88. The molecule has 1 aromatic heterocycles. The number of halogens is 1. The highest BCUT2D eigenvalue weighted by Crippen LogP contribution is 2.24. The summed E-state index contributed by atoms with van der Waals surface area (Å²) in [6, 6.07) is 4.48. The van der Waals surface area contributed by atoms with Crippen LogP contribution in [-0.2, 0) is 4.79 Å². The number of tetrazole rings is 1. The summed E-state index contributed by atoms with van der Waals surface area (Å²) in [6.45, 7) is 5.55. The Balaban J connectivity index is 2.34. The van der Waals surface area contributed by atoms with Crippen LogP contribution in [0.4, 0.5) is 10.1 Å². The Morgan fingerprint density at radius 1 is 1.45 bits per heavy atom.